The van der Waals surface area contributed by atoms with E-state index in [0.717, 1.165) is 17.8 Å². The highest BCUT2D eigenvalue weighted by Gasteiger charge is 2.33. The maximum absolute atomic E-state index is 3.70. The Kier molecular flexibility index (Phi) is 3.81. The van der Waals surface area contributed by atoms with Gasteiger partial charge in [-0.2, -0.15) is 0 Å². The van der Waals surface area contributed by atoms with E-state index < -0.39 is 0 Å². The standard InChI is InChI=1S/C13H22/c1-5-10(3)7-12(6-2)9-13-8-11(13)4/h11-13H,1,6-9H2,2-4H3. The molecule has 1 aliphatic rings. The normalized spacial score (nSPS) is 27.9. The lowest BCUT2D eigenvalue weighted by atomic mass is 9.92. The van der Waals surface area contributed by atoms with Crippen molar-refractivity contribution in [2.75, 3.05) is 0 Å². The molecular weight excluding hydrogens is 156 g/mol. The molecule has 0 saturated heterocycles. The van der Waals surface area contributed by atoms with Crippen molar-refractivity contribution in [3.8, 4) is 0 Å². The minimum absolute atomic E-state index is 0.879. The first kappa shape index (κ1) is 10.6. The number of rotatable bonds is 5. The van der Waals surface area contributed by atoms with Crippen LogP contribution in [0, 0.1) is 17.8 Å². The zero-order valence-corrected chi connectivity index (χ0v) is 9.27. The summed E-state index contributed by atoms with van der Waals surface area (Å²) in [6.07, 6.45) is 5.41. The van der Waals surface area contributed by atoms with Crippen molar-refractivity contribution in [1.29, 1.82) is 0 Å². The first-order chi connectivity index (χ1) is 6.17. The Hall–Kier alpha value is -0.480. The highest BCUT2D eigenvalue weighted by Crippen LogP contribution is 2.43. The van der Waals surface area contributed by atoms with Gasteiger partial charge in [-0.15, -0.1) is 5.73 Å². The van der Waals surface area contributed by atoms with Crippen molar-refractivity contribution in [1.82, 2.24) is 0 Å². The lowest BCUT2D eigenvalue weighted by molar-refractivity contribution is 0.428. The summed E-state index contributed by atoms with van der Waals surface area (Å²) in [6.45, 7) is 10.5. The molecule has 0 aliphatic heterocycles. The van der Waals surface area contributed by atoms with Crippen LogP contribution in [0.4, 0.5) is 0 Å². The predicted molar refractivity (Wildman–Crippen MR) is 58.6 cm³/mol. The van der Waals surface area contributed by atoms with Gasteiger partial charge in [0.25, 0.3) is 0 Å². The Bertz CT molecular complexity index is 208. The van der Waals surface area contributed by atoms with Gasteiger partial charge in [0.15, 0.2) is 0 Å². The van der Waals surface area contributed by atoms with E-state index >= 15 is 0 Å². The van der Waals surface area contributed by atoms with Crippen molar-refractivity contribution in [2.24, 2.45) is 17.8 Å². The Morgan fingerprint density at radius 1 is 1.62 bits per heavy atom. The Morgan fingerprint density at radius 3 is 2.62 bits per heavy atom. The van der Waals surface area contributed by atoms with E-state index in [-0.39, 0.29) is 0 Å². The molecule has 0 aromatic rings. The summed E-state index contributed by atoms with van der Waals surface area (Å²) in [6, 6.07) is 0. The second-order valence-electron chi connectivity index (χ2n) is 4.64. The summed E-state index contributed by atoms with van der Waals surface area (Å²) in [5.74, 6) is 2.91. The quantitative estimate of drug-likeness (QED) is 0.554. The molecule has 0 aromatic heterocycles. The average Bonchev–Trinajstić information content (AvgIpc) is 2.80. The van der Waals surface area contributed by atoms with E-state index in [1.165, 1.54) is 31.3 Å². The molecule has 0 N–H and O–H groups in total. The molecule has 1 rings (SSSR count). The van der Waals surface area contributed by atoms with Crippen LogP contribution < -0.4 is 0 Å². The largest absolute Gasteiger partial charge is 0.130 e. The molecule has 1 aliphatic carbocycles. The van der Waals surface area contributed by atoms with Crippen LogP contribution in [0.1, 0.15) is 46.5 Å². The first-order valence-corrected chi connectivity index (χ1v) is 5.52. The lowest BCUT2D eigenvalue weighted by Crippen LogP contribution is -2.01. The molecule has 0 bridgehead atoms. The molecule has 0 radical (unpaired) electrons. The molecular formula is C13H22. The molecule has 0 nitrogen and oxygen atoms in total. The molecule has 74 valence electrons. The molecule has 3 unspecified atom stereocenters. The third-order valence-electron chi connectivity index (χ3n) is 3.39. The summed E-state index contributed by atoms with van der Waals surface area (Å²) in [4.78, 5) is 0. The molecule has 1 fully saturated rings. The van der Waals surface area contributed by atoms with Crippen LogP contribution in [-0.2, 0) is 0 Å². The van der Waals surface area contributed by atoms with Gasteiger partial charge in [-0.05, 0) is 49.5 Å². The molecule has 0 aromatic carbocycles. The Morgan fingerprint density at radius 2 is 2.23 bits per heavy atom. The van der Waals surface area contributed by atoms with Gasteiger partial charge in [0, 0.05) is 0 Å². The van der Waals surface area contributed by atoms with Crippen LogP contribution in [0.25, 0.3) is 0 Å². The zero-order chi connectivity index (χ0) is 9.84. The van der Waals surface area contributed by atoms with E-state index in [9.17, 15) is 0 Å². The van der Waals surface area contributed by atoms with Gasteiger partial charge in [-0.3, -0.25) is 0 Å². The number of hydrogen-bond donors (Lipinski definition) is 0. The number of allylic oxidation sites excluding steroid dienone is 1. The maximum Gasteiger partial charge on any atom is -0.0218 e. The SMILES string of the molecule is C=C=C(C)CC(CC)CC1CC1C. The van der Waals surface area contributed by atoms with Crippen LogP contribution in [0.5, 0.6) is 0 Å². The molecule has 0 spiro atoms. The van der Waals surface area contributed by atoms with Crippen molar-refractivity contribution < 1.29 is 0 Å². The topological polar surface area (TPSA) is 0 Å². The van der Waals surface area contributed by atoms with Gasteiger partial charge < -0.3 is 0 Å². The monoisotopic (exact) mass is 178 g/mol. The van der Waals surface area contributed by atoms with Gasteiger partial charge in [-0.25, -0.2) is 0 Å². The Balaban J connectivity index is 2.30. The van der Waals surface area contributed by atoms with Crippen LogP contribution in [0.3, 0.4) is 0 Å². The molecule has 0 amide bonds. The number of hydrogen-bond acceptors (Lipinski definition) is 0. The second-order valence-corrected chi connectivity index (χ2v) is 4.64. The minimum atomic E-state index is 0.879. The first-order valence-electron chi connectivity index (χ1n) is 5.52. The van der Waals surface area contributed by atoms with Crippen molar-refractivity contribution in [2.45, 2.75) is 46.5 Å². The fourth-order valence-electron chi connectivity index (χ4n) is 2.06. The highest BCUT2D eigenvalue weighted by molar-refractivity contribution is 4.97. The van der Waals surface area contributed by atoms with Gasteiger partial charge in [0.2, 0.25) is 0 Å². The summed E-state index contributed by atoms with van der Waals surface area (Å²) >= 11 is 0. The molecule has 0 heteroatoms. The summed E-state index contributed by atoms with van der Waals surface area (Å²) in [5, 5.41) is 0. The highest BCUT2D eigenvalue weighted by atomic mass is 14.4. The second kappa shape index (κ2) is 4.67. The fraction of sp³-hybridized carbons (Fsp3) is 0.769. The lowest BCUT2D eigenvalue weighted by Gasteiger charge is -2.13. The van der Waals surface area contributed by atoms with Crippen molar-refractivity contribution in [3.63, 3.8) is 0 Å². The van der Waals surface area contributed by atoms with Crippen molar-refractivity contribution in [3.05, 3.63) is 17.9 Å². The molecule has 3 atom stereocenters. The minimum Gasteiger partial charge on any atom is -0.130 e. The predicted octanol–water partition coefficient (Wildman–Crippen LogP) is 4.18. The zero-order valence-electron chi connectivity index (χ0n) is 9.27. The van der Waals surface area contributed by atoms with Crippen molar-refractivity contribution >= 4 is 0 Å². The third kappa shape index (κ3) is 3.40. The van der Waals surface area contributed by atoms with Crippen LogP contribution in [-0.4, -0.2) is 0 Å². The summed E-state index contributed by atoms with van der Waals surface area (Å²) in [5.41, 5.74) is 4.33. The van der Waals surface area contributed by atoms with E-state index in [2.05, 4.69) is 33.1 Å². The van der Waals surface area contributed by atoms with Crippen LogP contribution in [0.2, 0.25) is 0 Å². The molecule has 13 heavy (non-hydrogen) atoms. The smallest absolute Gasteiger partial charge is 0.0218 e. The van der Waals surface area contributed by atoms with Gasteiger partial charge in [0.05, 0.1) is 0 Å². The maximum atomic E-state index is 3.70. The summed E-state index contributed by atoms with van der Waals surface area (Å²) in [7, 11) is 0. The van der Waals surface area contributed by atoms with Gasteiger partial charge in [0.1, 0.15) is 0 Å². The van der Waals surface area contributed by atoms with Gasteiger partial charge >= 0.3 is 0 Å². The molecule has 0 heterocycles. The van der Waals surface area contributed by atoms with E-state index in [4.69, 9.17) is 0 Å². The average molecular weight is 178 g/mol. The Labute approximate surface area is 82.7 Å². The molecule has 1 saturated carbocycles. The third-order valence-corrected chi connectivity index (χ3v) is 3.39. The fourth-order valence-corrected chi connectivity index (χ4v) is 2.06. The van der Waals surface area contributed by atoms with E-state index in [0.29, 0.717) is 0 Å². The summed E-state index contributed by atoms with van der Waals surface area (Å²) < 4.78 is 0. The van der Waals surface area contributed by atoms with E-state index in [1.807, 2.05) is 0 Å². The van der Waals surface area contributed by atoms with Crippen LogP contribution in [0.15, 0.2) is 17.9 Å². The van der Waals surface area contributed by atoms with Crippen LogP contribution >= 0.6 is 0 Å². The van der Waals surface area contributed by atoms with E-state index in [1.54, 1.807) is 0 Å². The van der Waals surface area contributed by atoms with Gasteiger partial charge in [-0.1, -0.05) is 26.8 Å².